The van der Waals surface area contributed by atoms with Crippen molar-refractivity contribution in [2.75, 3.05) is 6.54 Å². The second kappa shape index (κ2) is 7.47. The van der Waals surface area contributed by atoms with Crippen LogP contribution in [0.15, 0.2) is 42.6 Å². The van der Waals surface area contributed by atoms with Gasteiger partial charge in [-0.05, 0) is 50.1 Å². The van der Waals surface area contributed by atoms with Gasteiger partial charge in [-0.2, -0.15) is 0 Å². The summed E-state index contributed by atoms with van der Waals surface area (Å²) in [7, 11) is 0. The van der Waals surface area contributed by atoms with Gasteiger partial charge in [0.1, 0.15) is 11.3 Å². The molecule has 2 aromatic heterocycles. The Kier molecular flexibility index (Phi) is 5.12. The molecule has 0 aliphatic rings. The van der Waals surface area contributed by atoms with Gasteiger partial charge >= 0.3 is 0 Å². The number of benzene rings is 1. The summed E-state index contributed by atoms with van der Waals surface area (Å²) in [5, 5.41) is 2.98. The number of aromatic nitrogens is 3. The number of carbonyl (C=O) groups excluding carboxylic acids is 1. The second-order valence-electron chi connectivity index (χ2n) is 6.39. The van der Waals surface area contributed by atoms with Crippen molar-refractivity contribution in [2.24, 2.45) is 0 Å². The van der Waals surface area contributed by atoms with Crippen LogP contribution in [-0.2, 0) is 12.8 Å². The summed E-state index contributed by atoms with van der Waals surface area (Å²) in [6.07, 6.45) is 3.43. The first kappa shape index (κ1) is 17.1. The molecule has 1 amide bonds. The van der Waals surface area contributed by atoms with Gasteiger partial charge in [-0.15, -0.1) is 0 Å². The number of fused-ring (bicyclic) bond motifs is 1. The highest BCUT2D eigenvalue weighted by molar-refractivity contribution is 5.94. The third-order valence-corrected chi connectivity index (χ3v) is 4.30. The number of nitrogens with one attached hydrogen (secondary N) is 1. The van der Waals surface area contributed by atoms with Crippen molar-refractivity contribution in [3.8, 4) is 0 Å². The molecule has 0 fully saturated rings. The van der Waals surface area contributed by atoms with E-state index in [2.05, 4.69) is 40.6 Å². The highest BCUT2D eigenvalue weighted by Crippen LogP contribution is 2.19. The van der Waals surface area contributed by atoms with Crippen LogP contribution in [0.25, 0.3) is 11.2 Å². The fourth-order valence-electron chi connectivity index (χ4n) is 2.98. The van der Waals surface area contributed by atoms with Crippen molar-refractivity contribution in [1.82, 2.24) is 19.9 Å². The fourth-order valence-corrected chi connectivity index (χ4v) is 2.98. The van der Waals surface area contributed by atoms with Crippen LogP contribution in [0.5, 0.6) is 0 Å². The van der Waals surface area contributed by atoms with Crippen LogP contribution in [0.4, 0.5) is 0 Å². The number of aryl methyl sites for hydroxylation is 1. The topological polar surface area (TPSA) is 59.8 Å². The molecule has 5 heteroatoms. The van der Waals surface area contributed by atoms with Gasteiger partial charge < -0.3 is 9.88 Å². The lowest BCUT2D eigenvalue weighted by molar-refractivity contribution is 0.0954. The van der Waals surface area contributed by atoms with Crippen LogP contribution in [-0.4, -0.2) is 27.0 Å². The second-order valence-corrected chi connectivity index (χ2v) is 6.39. The lowest BCUT2D eigenvalue weighted by Gasteiger charge is -2.12. The van der Waals surface area contributed by atoms with Crippen molar-refractivity contribution < 1.29 is 4.79 Å². The smallest absolute Gasteiger partial charge is 0.251 e. The van der Waals surface area contributed by atoms with E-state index in [-0.39, 0.29) is 11.9 Å². The maximum absolute atomic E-state index is 12.3. The van der Waals surface area contributed by atoms with E-state index in [0.717, 1.165) is 23.4 Å². The van der Waals surface area contributed by atoms with E-state index in [0.29, 0.717) is 18.5 Å². The monoisotopic (exact) mass is 336 g/mol. The van der Waals surface area contributed by atoms with E-state index < -0.39 is 0 Å². The summed E-state index contributed by atoms with van der Waals surface area (Å²) in [6, 6.07) is 11.9. The number of amides is 1. The molecular formula is C20H24N4O. The van der Waals surface area contributed by atoms with E-state index in [1.807, 2.05) is 36.4 Å². The van der Waals surface area contributed by atoms with Crippen molar-refractivity contribution in [3.05, 3.63) is 59.5 Å². The highest BCUT2D eigenvalue weighted by atomic mass is 16.1. The van der Waals surface area contributed by atoms with Crippen LogP contribution in [0.3, 0.4) is 0 Å². The molecule has 1 aromatic carbocycles. The number of nitrogens with zero attached hydrogens (tertiary/aromatic N) is 3. The lowest BCUT2D eigenvalue weighted by atomic mass is 10.1. The maximum Gasteiger partial charge on any atom is 0.251 e. The zero-order chi connectivity index (χ0) is 17.8. The Labute approximate surface area is 148 Å². The summed E-state index contributed by atoms with van der Waals surface area (Å²) < 4.78 is 2.14. The Morgan fingerprint density at radius 2 is 1.96 bits per heavy atom. The zero-order valence-electron chi connectivity index (χ0n) is 15.0. The van der Waals surface area contributed by atoms with Gasteiger partial charge in [0.2, 0.25) is 0 Å². The molecule has 3 aromatic rings. The normalized spacial score (nSPS) is 11.2. The molecule has 0 saturated carbocycles. The number of hydrogen-bond acceptors (Lipinski definition) is 3. The van der Waals surface area contributed by atoms with Crippen LogP contribution < -0.4 is 5.32 Å². The molecule has 0 radical (unpaired) electrons. The maximum atomic E-state index is 12.3. The Hall–Kier alpha value is -2.69. The van der Waals surface area contributed by atoms with Crippen LogP contribution in [0.1, 0.15) is 48.6 Å². The number of carbonyl (C=O) groups is 1. The highest BCUT2D eigenvalue weighted by Gasteiger charge is 2.14. The predicted octanol–water partition coefficient (Wildman–Crippen LogP) is 3.55. The molecule has 0 unspecified atom stereocenters. The van der Waals surface area contributed by atoms with E-state index in [9.17, 15) is 4.79 Å². The molecule has 0 aliphatic heterocycles. The van der Waals surface area contributed by atoms with Gasteiger partial charge in [0.05, 0.1) is 0 Å². The molecule has 3 rings (SSSR count). The van der Waals surface area contributed by atoms with Gasteiger partial charge in [-0.1, -0.05) is 19.1 Å². The molecule has 0 spiro atoms. The minimum absolute atomic E-state index is 0.0482. The predicted molar refractivity (Wildman–Crippen MR) is 99.8 cm³/mol. The number of pyridine rings is 1. The van der Waals surface area contributed by atoms with Crippen LogP contribution >= 0.6 is 0 Å². The minimum atomic E-state index is -0.0482. The molecule has 0 saturated heterocycles. The summed E-state index contributed by atoms with van der Waals surface area (Å²) in [4.78, 5) is 21.4. The average Bonchev–Trinajstić information content (AvgIpc) is 3.00. The Balaban J connectivity index is 1.68. The molecule has 0 bridgehead atoms. The van der Waals surface area contributed by atoms with Gasteiger partial charge in [0, 0.05) is 30.8 Å². The van der Waals surface area contributed by atoms with Crippen LogP contribution in [0, 0.1) is 0 Å². The zero-order valence-corrected chi connectivity index (χ0v) is 15.0. The van der Waals surface area contributed by atoms with Crippen molar-refractivity contribution >= 4 is 17.1 Å². The average molecular weight is 336 g/mol. The quantitative estimate of drug-likeness (QED) is 0.749. The third kappa shape index (κ3) is 3.71. The Bertz CT molecular complexity index is 865. The first-order valence-corrected chi connectivity index (χ1v) is 8.79. The standard InChI is InChI=1S/C20H24N4O/c1-4-15-7-9-16(10-8-15)20(25)22-13-11-18-23-17-6-5-12-21-19(17)24(18)14(2)3/h5-10,12,14H,4,11,13H2,1-3H3,(H,22,25). The molecule has 0 atom stereocenters. The van der Waals surface area contributed by atoms with Crippen LogP contribution in [0.2, 0.25) is 0 Å². The molecule has 1 N–H and O–H groups in total. The number of rotatable bonds is 6. The molecule has 5 nitrogen and oxygen atoms in total. The largest absolute Gasteiger partial charge is 0.352 e. The van der Waals surface area contributed by atoms with Crippen molar-refractivity contribution in [2.45, 2.75) is 39.7 Å². The van der Waals surface area contributed by atoms with Crippen molar-refractivity contribution in [3.63, 3.8) is 0 Å². The first-order chi connectivity index (χ1) is 12.1. The fraction of sp³-hybridized carbons (Fsp3) is 0.350. The van der Waals surface area contributed by atoms with Gasteiger partial charge in [0.15, 0.2) is 5.65 Å². The lowest BCUT2D eigenvalue weighted by Crippen LogP contribution is -2.26. The first-order valence-electron chi connectivity index (χ1n) is 8.79. The molecular weight excluding hydrogens is 312 g/mol. The van der Waals surface area contributed by atoms with E-state index in [1.165, 1.54) is 5.56 Å². The van der Waals surface area contributed by atoms with E-state index in [1.54, 1.807) is 6.20 Å². The van der Waals surface area contributed by atoms with Gasteiger partial charge in [0.25, 0.3) is 5.91 Å². The number of hydrogen-bond donors (Lipinski definition) is 1. The number of imidazole rings is 1. The van der Waals surface area contributed by atoms with Crippen molar-refractivity contribution in [1.29, 1.82) is 0 Å². The summed E-state index contributed by atoms with van der Waals surface area (Å²) in [5.74, 6) is 0.901. The molecule has 0 aliphatic carbocycles. The van der Waals surface area contributed by atoms with E-state index in [4.69, 9.17) is 0 Å². The Morgan fingerprint density at radius 3 is 2.64 bits per heavy atom. The molecule has 25 heavy (non-hydrogen) atoms. The van der Waals surface area contributed by atoms with Gasteiger partial charge in [-0.3, -0.25) is 4.79 Å². The molecule has 2 heterocycles. The van der Waals surface area contributed by atoms with E-state index >= 15 is 0 Å². The summed E-state index contributed by atoms with van der Waals surface area (Å²) in [5.41, 5.74) is 3.72. The summed E-state index contributed by atoms with van der Waals surface area (Å²) in [6.45, 7) is 6.88. The SMILES string of the molecule is CCc1ccc(C(=O)NCCc2nc3cccnc3n2C(C)C)cc1. The summed E-state index contributed by atoms with van der Waals surface area (Å²) >= 11 is 0. The molecule has 130 valence electrons. The Morgan fingerprint density at radius 1 is 1.20 bits per heavy atom. The third-order valence-electron chi connectivity index (χ3n) is 4.30. The minimum Gasteiger partial charge on any atom is -0.352 e. The van der Waals surface area contributed by atoms with Gasteiger partial charge in [-0.25, -0.2) is 9.97 Å².